The lowest BCUT2D eigenvalue weighted by Crippen LogP contribution is -2.04. The quantitative estimate of drug-likeness (QED) is 0.376. The van der Waals surface area contributed by atoms with E-state index in [1.54, 1.807) is 19.3 Å². The van der Waals surface area contributed by atoms with Crippen LogP contribution in [0.2, 0.25) is 0 Å². The molecule has 3 rings (SSSR count). The summed E-state index contributed by atoms with van der Waals surface area (Å²) in [5.41, 5.74) is 2.79. The number of hydrogen-bond donors (Lipinski definition) is 0. The number of hydrogen-bond acceptors (Lipinski definition) is 3. The zero-order valence-corrected chi connectivity index (χ0v) is 13.9. The van der Waals surface area contributed by atoms with Crippen LogP contribution in [0.1, 0.15) is 5.56 Å². The molecule has 0 spiro atoms. The standard InChI is InChI=1S/C22H18O3/c1-24-19-14-11-17(12-15-19)13-16-22(23)25-21-10-6-5-9-20(21)18-7-3-2-4-8-18/h2-16H,1H3. The minimum atomic E-state index is -0.417. The Balaban J connectivity index is 1.74. The molecule has 0 saturated carbocycles. The number of esters is 1. The zero-order valence-electron chi connectivity index (χ0n) is 13.9. The molecule has 0 N–H and O–H groups in total. The molecule has 124 valence electrons. The van der Waals surface area contributed by atoms with E-state index in [0.29, 0.717) is 5.75 Å². The molecular weight excluding hydrogens is 312 g/mol. The number of methoxy groups -OCH3 is 1. The van der Waals surface area contributed by atoms with E-state index < -0.39 is 5.97 Å². The molecule has 0 fully saturated rings. The van der Waals surface area contributed by atoms with Crippen molar-refractivity contribution in [2.24, 2.45) is 0 Å². The van der Waals surface area contributed by atoms with Gasteiger partial charge < -0.3 is 9.47 Å². The highest BCUT2D eigenvalue weighted by atomic mass is 16.5. The van der Waals surface area contributed by atoms with Gasteiger partial charge in [0.1, 0.15) is 11.5 Å². The van der Waals surface area contributed by atoms with Gasteiger partial charge in [0, 0.05) is 11.6 Å². The van der Waals surface area contributed by atoms with Crippen LogP contribution in [0.15, 0.2) is 84.9 Å². The number of para-hydroxylation sites is 1. The van der Waals surface area contributed by atoms with Crippen LogP contribution in [0, 0.1) is 0 Å². The average Bonchev–Trinajstić information content (AvgIpc) is 2.68. The first kappa shape index (κ1) is 16.5. The van der Waals surface area contributed by atoms with Crippen molar-refractivity contribution in [1.29, 1.82) is 0 Å². The number of carbonyl (C=O) groups is 1. The van der Waals surface area contributed by atoms with Gasteiger partial charge in [0.05, 0.1) is 7.11 Å². The Morgan fingerprint density at radius 1 is 0.840 bits per heavy atom. The molecule has 0 amide bonds. The molecule has 3 aromatic rings. The maximum Gasteiger partial charge on any atom is 0.336 e. The Morgan fingerprint density at radius 3 is 2.24 bits per heavy atom. The van der Waals surface area contributed by atoms with Gasteiger partial charge in [-0.25, -0.2) is 4.79 Å². The van der Waals surface area contributed by atoms with E-state index in [-0.39, 0.29) is 0 Å². The summed E-state index contributed by atoms with van der Waals surface area (Å²) in [6.45, 7) is 0. The van der Waals surface area contributed by atoms with Crippen molar-refractivity contribution < 1.29 is 14.3 Å². The predicted molar refractivity (Wildman–Crippen MR) is 99.5 cm³/mol. The smallest absolute Gasteiger partial charge is 0.336 e. The molecule has 0 aliphatic heterocycles. The van der Waals surface area contributed by atoms with E-state index in [1.807, 2.05) is 72.8 Å². The molecule has 0 unspecified atom stereocenters. The van der Waals surface area contributed by atoms with Crippen LogP contribution in [0.3, 0.4) is 0 Å². The third-order valence-corrected chi connectivity index (χ3v) is 3.71. The van der Waals surface area contributed by atoms with Gasteiger partial charge in [0.2, 0.25) is 0 Å². The summed E-state index contributed by atoms with van der Waals surface area (Å²) in [6, 6.07) is 24.8. The highest BCUT2D eigenvalue weighted by Gasteiger charge is 2.08. The lowest BCUT2D eigenvalue weighted by molar-refractivity contribution is -0.128. The van der Waals surface area contributed by atoms with Gasteiger partial charge in [-0.05, 0) is 35.4 Å². The van der Waals surface area contributed by atoms with Crippen molar-refractivity contribution in [2.75, 3.05) is 7.11 Å². The molecule has 0 saturated heterocycles. The van der Waals surface area contributed by atoms with Crippen molar-refractivity contribution in [1.82, 2.24) is 0 Å². The fourth-order valence-electron chi connectivity index (χ4n) is 2.43. The largest absolute Gasteiger partial charge is 0.497 e. The Labute approximate surface area is 147 Å². The van der Waals surface area contributed by atoms with Crippen molar-refractivity contribution in [3.05, 3.63) is 90.5 Å². The summed E-state index contributed by atoms with van der Waals surface area (Å²) in [5.74, 6) is 0.897. The van der Waals surface area contributed by atoms with Gasteiger partial charge >= 0.3 is 5.97 Å². The van der Waals surface area contributed by atoms with E-state index in [9.17, 15) is 4.79 Å². The first-order valence-electron chi connectivity index (χ1n) is 7.94. The van der Waals surface area contributed by atoms with Gasteiger partial charge in [0.25, 0.3) is 0 Å². The highest BCUT2D eigenvalue weighted by Crippen LogP contribution is 2.29. The van der Waals surface area contributed by atoms with Gasteiger partial charge in [0.15, 0.2) is 0 Å². The number of rotatable bonds is 5. The second kappa shape index (κ2) is 7.97. The first-order chi connectivity index (χ1) is 12.3. The van der Waals surface area contributed by atoms with E-state index in [4.69, 9.17) is 9.47 Å². The summed E-state index contributed by atoms with van der Waals surface area (Å²) in [5, 5.41) is 0. The molecule has 0 bridgehead atoms. The maximum atomic E-state index is 12.2. The van der Waals surface area contributed by atoms with Crippen molar-refractivity contribution in [3.63, 3.8) is 0 Å². The Morgan fingerprint density at radius 2 is 1.52 bits per heavy atom. The van der Waals surface area contributed by atoms with Crippen LogP contribution in [0.4, 0.5) is 0 Å². The van der Waals surface area contributed by atoms with E-state index >= 15 is 0 Å². The topological polar surface area (TPSA) is 35.5 Å². The van der Waals surface area contributed by atoms with Crippen LogP contribution >= 0.6 is 0 Å². The van der Waals surface area contributed by atoms with E-state index in [1.165, 1.54) is 6.08 Å². The summed E-state index contributed by atoms with van der Waals surface area (Å²) in [4.78, 5) is 12.2. The number of benzene rings is 3. The monoisotopic (exact) mass is 330 g/mol. The number of ether oxygens (including phenoxy) is 2. The fourth-order valence-corrected chi connectivity index (χ4v) is 2.43. The summed E-state index contributed by atoms with van der Waals surface area (Å²) in [6.07, 6.45) is 3.14. The second-order valence-electron chi connectivity index (χ2n) is 5.39. The second-order valence-corrected chi connectivity index (χ2v) is 5.39. The van der Waals surface area contributed by atoms with Crippen LogP contribution in [-0.4, -0.2) is 13.1 Å². The maximum absolute atomic E-state index is 12.2. The van der Waals surface area contributed by atoms with Crippen LogP contribution in [-0.2, 0) is 4.79 Å². The van der Waals surface area contributed by atoms with Crippen molar-refractivity contribution in [2.45, 2.75) is 0 Å². The minimum absolute atomic E-state index is 0.417. The van der Waals surface area contributed by atoms with Gasteiger partial charge in [-0.1, -0.05) is 60.7 Å². The van der Waals surface area contributed by atoms with E-state index in [0.717, 1.165) is 22.4 Å². The molecule has 0 aliphatic rings. The highest BCUT2D eigenvalue weighted by molar-refractivity contribution is 5.90. The molecule has 3 aromatic carbocycles. The Bertz CT molecular complexity index is 865. The Hall–Kier alpha value is -3.33. The summed E-state index contributed by atoms with van der Waals surface area (Å²) >= 11 is 0. The molecule has 25 heavy (non-hydrogen) atoms. The summed E-state index contributed by atoms with van der Waals surface area (Å²) in [7, 11) is 1.62. The molecule has 3 heteroatoms. The van der Waals surface area contributed by atoms with Crippen LogP contribution in [0.25, 0.3) is 17.2 Å². The molecule has 0 heterocycles. The van der Waals surface area contributed by atoms with Crippen LogP contribution < -0.4 is 9.47 Å². The van der Waals surface area contributed by atoms with Crippen LogP contribution in [0.5, 0.6) is 11.5 Å². The molecule has 0 radical (unpaired) electrons. The summed E-state index contributed by atoms with van der Waals surface area (Å²) < 4.78 is 10.6. The van der Waals surface area contributed by atoms with Crippen molar-refractivity contribution >= 4 is 12.0 Å². The third-order valence-electron chi connectivity index (χ3n) is 3.71. The average molecular weight is 330 g/mol. The zero-order chi connectivity index (χ0) is 17.5. The Kier molecular flexibility index (Phi) is 5.27. The van der Waals surface area contributed by atoms with Gasteiger partial charge in [-0.2, -0.15) is 0 Å². The third kappa shape index (κ3) is 4.36. The first-order valence-corrected chi connectivity index (χ1v) is 7.94. The fraction of sp³-hybridized carbons (Fsp3) is 0.0455. The molecule has 0 aliphatic carbocycles. The van der Waals surface area contributed by atoms with Gasteiger partial charge in [-0.3, -0.25) is 0 Å². The molecule has 3 nitrogen and oxygen atoms in total. The molecule has 0 aromatic heterocycles. The molecular formula is C22H18O3. The SMILES string of the molecule is COc1ccc(C=CC(=O)Oc2ccccc2-c2ccccc2)cc1. The van der Waals surface area contributed by atoms with Gasteiger partial charge in [-0.15, -0.1) is 0 Å². The molecule has 0 atom stereocenters. The predicted octanol–water partition coefficient (Wildman–Crippen LogP) is 4.98. The lowest BCUT2D eigenvalue weighted by atomic mass is 10.1. The van der Waals surface area contributed by atoms with Crippen molar-refractivity contribution in [3.8, 4) is 22.6 Å². The normalized spacial score (nSPS) is 10.6. The van der Waals surface area contributed by atoms with E-state index in [2.05, 4.69) is 0 Å². The number of carbonyl (C=O) groups excluding carboxylic acids is 1. The minimum Gasteiger partial charge on any atom is -0.497 e. The lowest BCUT2D eigenvalue weighted by Gasteiger charge is -2.08.